The summed E-state index contributed by atoms with van der Waals surface area (Å²) in [6, 6.07) is 4.88. The van der Waals surface area contributed by atoms with Gasteiger partial charge in [-0.25, -0.2) is 0 Å². The van der Waals surface area contributed by atoms with Crippen molar-refractivity contribution in [1.29, 1.82) is 10.5 Å². The minimum Gasteiger partial charge on any atom is -0.377 e. The zero-order chi connectivity index (χ0) is 20.3. The molecule has 0 amide bonds. The SMILES string of the molecule is N#COC1(OC#N)C=CC(C(c2ccccc2)(C(F)(F)F)C(F)(F)F)=CC1. The van der Waals surface area contributed by atoms with Gasteiger partial charge in [0.15, 0.2) is 0 Å². The van der Waals surface area contributed by atoms with Crippen molar-refractivity contribution >= 4 is 0 Å². The molecule has 0 saturated carbocycles. The highest BCUT2D eigenvalue weighted by molar-refractivity contribution is 5.48. The molecule has 0 aliphatic heterocycles. The van der Waals surface area contributed by atoms with E-state index in [1.165, 1.54) is 18.6 Å². The first kappa shape index (κ1) is 20.2. The maximum atomic E-state index is 13.9. The topological polar surface area (TPSA) is 66.0 Å². The first-order chi connectivity index (χ1) is 12.5. The van der Waals surface area contributed by atoms with Crippen LogP contribution in [0, 0.1) is 23.0 Å². The number of alkyl halides is 6. The number of allylic oxidation sites excluding steroid dienone is 2. The van der Waals surface area contributed by atoms with Crippen LogP contribution in [-0.2, 0) is 14.9 Å². The Kier molecular flexibility index (Phi) is 5.14. The summed E-state index contributed by atoms with van der Waals surface area (Å²) in [6.45, 7) is 0. The van der Waals surface area contributed by atoms with E-state index in [9.17, 15) is 26.3 Å². The summed E-state index contributed by atoms with van der Waals surface area (Å²) < 4.78 is 92.2. The van der Waals surface area contributed by atoms with E-state index in [1.807, 2.05) is 0 Å². The van der Waals surface area contributed by atoms with Crippen molar-refractivity contribution in [3.8, 4) is 12.5 Å². The van der Waals surface area contributed by atoms with Gasteiger partial charge in [0.1, 0.15) is 0 Å². The van der Waals surface area contributed by atoms with Gasteiger partial charge in [0.05, 0.1) is 0 Å². The summed E-state index contributed by atoms with van der Waals surface area (Å²) in [5.41, 5.74) is -6.44. The number of halogens is 6. The summed E-state index contributed by atoms with van der Waals surface area (Å²) in [5.74, 6) is -2.09. The lowest BCUT2D eigenvalue weighted by Crippen LogP contribution is -2.55. The van der Waals surface area contributed by atoms with Crippen molar-refractivity contribution in [2.24, 2.45) is 0 Å². The molecule has 0 saturated heterocycles. The van der Waals surface area contributed by atoms with Gasteiger partial charge in [-0.2, -0.15) is 36.9 Å². The largest absolute Gasteiger partial charge is 0.411 e. The molecule has 0 unspecified atom stereocenters. The van der Waals surface area contributed by atoms with Crippen LogP contribution in [0.5, 0.6) is 0 Å². The first-order valence-corrected chi connectivity index (χ1v) is 7.27. The molecule has 142 valence electrons. The van der Waals surface area contributed by atoms with Gasteiger partial charge in [-0.15, -0.1) is 0 Å². The number of nitriles is 2. The van der Waals surface area contributed by atoms with Crippen LogP contribution in [0.2, 0.25) is 0 Å². The molecule has 4 nitrogen and oxygen atoms in total. The minimum absolute atomic E-state index is 0.506. The van der Waals surface area contributed by atoms with E-state index in [-0.39, 0.29) is 0 Å². The Balaban J connectivity index is 2.68. The molecule has 0 fully saturated rings. The maximum Gasteiger partial charge on any atom is 0.411 e. The van der Waals surface area contributed by atoms with Gasteiger partial charge in [-0.1, -0.05) is 42.5 Å². The molecule has 1 aromatic rings. The normalized spacial score (nSPS) is 16.7. The molecule has 0 atom stereocenters. The van der Waals surface area contributed by atoms with Crippen LogP contribution < -0.4 is 0 Å². The predicted molar refractivity (Wildman–Crippen MR) is 78.2 cm³/mol. The van der Waals surface area contributed by atoms with Crippen LogP contribution in [0.25, 0.3) is 0 Å². The Labute approximate surface area is 149 Å². The molecule has 0 N–H and O–H groups in total. The summed E-state index contributed by atoms with van der Waals surface area (Å²) in [6.07, 6.45) is -7.96. The van der Waals surface area contributed by atoms with Gasteiger partial charge >= 0.3 is 12.4 Å². The molecular weight excluding hydrogens is 378 g/mol. The molecule has 0 aromatic heterocycles. The number of benzene rings is 1. The van der Waals surface area contributed by atoms with Gasteiger partial charge in [0.25, 0.3) is 18.3 Å². The van der Waals surface area contributed by atoms with E-state index in [2.05, 4.69) is 9.47 Å². The zero-order valence-corrected chi connectivity index (χ0v) is 13.3. The standard InChI is InChI=1S/C17H10F6N2O2/c18-16(19,20)15(17(21,22)23,12-4-2-1-3-5-12)13-6-8-14(9-7-13,26-10-24)27-11-25/h1-8H,9H2. The second-order valence-electron chi connectivity index (χ2n) is 5.51. The van der Waals surface area contributed by atoms with Crippen LogP contribution in [0.15, 0.2) is 54.1 Å². The van der Waals surface area contributed by atoms with Crippen molar-refractivity contribution in [1.82, 2.24) is 0 Å². The summed E-state index contributed by atoms with van der Waals surface area (Å²) in [5, 5.41) is 17.2. The van der Waals surface area contributed by atoms with Gasteiger partial charge in [-0.05, 0) is 11.1 Å². The van der Waals surface area contributed by atoms with Crippen molar-refractivity contribution in [3.63, 3.8) is 0 Å². The predicted octanol–water partition coefficient (Wildman–Crippen LogP) is 4.63. The molecule has 2 rings (SSSR count). The Morgan fingerprint density at radius 1 is 0.889 bits per heavy atom. The summed E-state index contributed by atoms with van der Waals surface area (Å²) in [4.78, 5) is 0. The summed E-state index contributed by atoms with van der Waals surface area (Å²) in [7, 11) is 0. The average Bonchev–Trinajstić information content (AvgIpc) is 2.56. The first-order valence-electron chi connectivity index (χ1n) is 7.27. The molecule has 27 heavy (non-hydrogen) atoms. The van der Waals surface area contributed by atoms with Gasteiger partial charge in [0, 0.05) is 12.5 Å². The van der Waals surface area contributed by atoms with Crippen LogP contribution in [0.1, 0.15) is 12.0 Å². The Hall–Kier alpha value is -3.14. The number of ether oxygens (including phenoxy) is 2. The molecular formula is C17H10F6N2O2. The van der Waals surface area contributed by atoms with Crippen molar-refractivity contribution in [2.75, 3.05) is 0 Å². The molecule has 1 aliphatic rings. The molecule has 1 aliphatic carbocycles. The number of rotatable bonds is 4. The number of nitrogens with zero attached hydrogens (tertiary/aromatic N) is 2. The number of hydrogen-bond donors (Lipinski definition) is 0. The zero-order valence-electron chi connectivity index (χ0n) is 13.3. The summed E-state index contributed by atoms with van der Waals surface area (Å²) >= 11 is 0. The molecule has 0 radical (unpaired) electrons. The molecule has 0 heterocycles. The van der Waals surface area contributed by atoms with Crippen LogP contribution >= 0.6 is 0 Å². The van der Waals surface area contributed by atoms with E-state index in [0.29, 0.717) is 18.2 Å². The minimum atomic E-state index is -5.73. The molecule has 10 heteroatoms. The van der Waals surface area contributed by atoms with Crippen LogP contribution in [-0.4, -0.2) is 18.1 Å². The Bertz CT molecular complexity index is 798. The van der Waals surface area contributed by atoms with Crippen LogP contribution in [0.4, 0.5) is 26.3 Å². The van der Waals surface area contributed by atoms with Gasteiger partial charge in [0.2, 0.25) is 5.41 Å². The third-order valence-electron chi connectivity index (χ3n) is 4.05. The monoisotopic (exact) mass is 388 g/mol. The van der Waals surface area contributed by atoms with E-state index in [4.69, 9.17) is 10.5 Å². The lowest BCUT2D eigenvalue weighted by molar-refractivity contribution is -0.289. The second-order valence-corrected chi connectivity index (χ2v) is 5.51. The highest BCUT2D eigenvalue weighted by Gasteiger charge is 2.73. The lowest BCUT2D eigenvalue weighted by Gasteiger charge is -2.40. The van der Waals surface area contributed by atoms with Gasteiger partial charge < -0.3 is 9.47 Å². The number of hydrogen-bond acceptors (Lipinski definition) is 4. The molecule has 0 spiro atoms. The highest BCUT2D eigenvalue weighted by atomic mass is 19.4. The fourth-order valence-electron chi connectivity index (χ4n) is 2.88. The lowest BCUT2D eigenvalue weighted by atomic mass is 9.70. The fraction of sp³-hybridized carbons (Fsp3) is 0.294. The van der Waals surface area contributed by atoms with Crippen molar-refractivity contribution < 1.29 is 35.8 Å². The Morgan fingerprint density at radius 2 is 1.41 bits per heavy atom. The van der Waals surface area contributed by atoms with E-state index in [1.54, 1.807) is 0 Å². The van der Waals surface area contributed by atoms with Gasteiger partial charge in [-0.3, -0.25) is 0 Å². The van der Waals surface area contributed by atoms with Crippen LogP contribution in [0.3, 0.4) is 0 Å². The smallest absolute Gasteiger partial charge is 0.377 e. The molecule has 1 aromatic carbocycles. The maximum absolute atomic E-state index is 13.9. The second kappa shape index (κ2) is 6.88. The van der Waals surface area contributed by atoms with E-state index < -0.39 is 41.1 Å². The van der Waals surface area contributed by atoms with E-state index in [0.717, 1.165) is 24.3 Å². The molecule has 0 bridgehead atoms. The third kappa shape index (κ3) is 3.31. The van der Waals surface area contributed by atoms with E-state index >= 15 is 0 Å². The third-order valence-corrected chi connectivity index (χ3v) is 4.05. The van der Waals surface area contributed by atoms with Crippen molar-refractivity contribution in [2.45, 2.75) is 30.0 Å². The Morgan fingerprint density at radius 3 is 1.78 bits per heavy atom. The quantitative estimate of drug-likeness (QED) is 0.429. The average molecular weight is 388 g/mol. The van der Waals surface area contributed by atoms with Crippen molar-refractivity contribution in [3.05, 3.63) is 59.7 Å². The highest BCUT2D eigenvalue weighted by Crippen LogP contribution is 2.57. The fourth-order valence-corrected chi connectivity index (χ4v) is 2.88.